The number of ether oxygens (including phenoxy) is 10. The lowest BCUT2D eigenvalue weighted by Gasteiger charge is -2.47. The van der Waals surface area contributed by atoms with E-state index in [0.29, 0.717) is 0 Å². The second-order valence-electron chi connectivity index (χ2n) is 17.8. The highest BCUT2D eigenvalue weighted by molar-refractivity contribution is 5.93. The van der Waals surface area contributed by atoms with Crippen LogP contribution in [-0.4, -0.2) is 122 Å². The number of benzene rings is 7. The molecule has 10 atom stereocenters. The summed E-state index contributed by atoms with van der Waals surface area (Å²) in [6.45, 7) is -1.47. The second-order valence-corrected chi connectivity index (χ2v) is 17.8. The smallest absolute Gasteiger partial charge is 0.338 e. The Balaban J connectivity index is 1.16. The van der Waals surface area contributed by atoms with Crippen molar-refractivity contribution < 1.29 is 86.0 Å². The molecule has 0 aromatic heterocycles. The number of rotatable bonds is 18. The summed E-state index contributed by atoms with van der Waals surface area (Å²) in [6, 6.07) is 54.1. The van der Waals surface area contributed by atoms with Gasteiger partial charge in [-0.1, -0.05) is 127 Å². The van der Waals surface area contributed by atoms with Crippen LogP contribution in [0.5, 0.6) is 0 Å². The molecule has 18 nitrogen and oxygen atoms in total. The molecule has 9 rings (SSSR count). The van der Waals surface area contributed by atoms with Crippen LogP contribution < -0.4 is 0 Å². The van der Waals surface area contributed by atoms with Crippen molar-refractivity contribution in [2.45, 2.75) is 61.4 Å². The molecule has 18 heteroatoms. The third-order valence-electron chi connectivity index (χ3n) is 12.5. The van der Waals surface area contributed by atoms with Crippen LogP contribution in [0.15, 0.2) is 212 Å². The van der Waals surface area contributed by atoms with Crippen molar-refractivity contribution in [2.75, 3.05) is 13.2 Å². The Hall–Kier alpha value is -9.33. The summed E-state index contributed by atoms with van der Waals surface area (Å²) in [4.78, 5) is 98.2. The molecule has 7 aromatic carbocycles. The minimum atomic E-state index is -2.08. The van der Waals surface area contributed by atoms with Crippen LogP contribution in [0.4, 0.5) is 0 Å². The van der Waals surface area contributed by atoms with E-state index in [-0.39, 0.29) is 38.9 Å². The first kappa shape index (κ1) is 54.5. The summed E-state index contributed by atoms with van der Waals surface area (Å²) in [5, 5.41) is 12.2. The molecule has 0 aliphatic carbocycles. The number of hydrogen-bond acceptors (Lipinski definition) is 18. The molecule has 0 amide bonds. The Bertz CT molecular complexity index is 3170. The van der Waals surface area contributed by atoms with Crippen molar-refractivity contribution in [1.82, 2.24) is 0 Å². The van der Waals surface area contributed by atoms with E-state index >= 15 is 0 Å². The Morgan fingerprint density at radius 1 is 0.304 bits per heavy atom. The lowest BCUT2D eigenvalue weighted by atomic mass is 9.96. The van der Waals surface area contributed by atoms with E-state index in [4.69, 9.17) is 47.4 Å². The molecule has 7 aromatic rings. The van der Waals surface area contributed by atoms with Gasteiger partial charge in [0, 0.05) is 0 Å². The first-order valence-electron chi connectivity index (χ1n) is 24.9. The molecule has 0 bridgehead atoms. The van der Waals surface area contributed by atoms with Gasteiger partial charge in [-0.2, -0.15) is 0 Å². The van der Waals surface area contributed by atoms with Gasteiger partial charge < -0.3 is 52.5 Å². The maximum absolute atomic E-state index is 14.4. The first-order valence-corrected chi connectivity index (χ1v) is 24.9. The van der Waals surface area contributed by atoms with E-state index in [9.17, 15) is 38.7 Å². The number of hydrogen-bond donors (Lipinski definition) is 1. The van der Waals surface area contributed by atoms with Crippen LogP contribution in [0.1, 0.15) is 72.5 Å². The maximum atomic E-state index is 14.4. The fourth-order valence-corrected chi connectivity index (χ4v) is 8.51. The van der Waals surface area contributed by atoms with Crippen LogP contribution in [0.2, 0.25) is 0 Å². The topological polar surface area (TPSA) is 232 Å². The zero-order valence-corrected chi connectivity index (χ0v) is 41.8. The SMILES string of the molecule is O=C(OC[C@H]1O[C@H](O[C@@H]2O[C@H](COC(=O)c3ccccc3)[C@H](OC(=O)c3ccccc3)[C@H](OC(=O)c3ccccc3)[C@H]2OC(=O)c2ccccc2)[C@H](OC(=O)c2ccccc2)[C@@H](OC(=O)c2ccccc2)[C@H]1O)c1ccccc1. The Labute approximate surface area is 452 Å². The number of aliphatic hydroxyl groups excluding tert-OH is 1. The zero-order valence-electron chi connectivity index (χ0n) is 41.8. The van der Waals surface area contributed by atoms with Crippen LogP contribution in [-0.2, 0) is 47.4 Å². The number of carbonyl (C=O) groups excluding carboxylic acids is 7. The molecule has 0 radical (unpaired) electrons. The molecular formula is C61H50O18. The van der Waals surface area contributed by atoms with Gasteiger partial charge in [0.1, 0.15) is 31.5 Å². The minimum absolute atomic E-state index is 0.00244. The van der Waals surface area contributed by atoms with E-state index in [0.717, 1.165) is 0 Å². The summed E-state index contributed by atoms with van der Waals surface area (Å²) in [6.07, 6.45) is -18.9. The van der Waals surface area contributed by atoms with Crippen molar-refractivity contribution >= 4 is 41.8 Å². The maximum Gasteiger partial charge on any atom is 0.338 e. The Kier molecular flexibility index (Phi) is 18.0. The molecule has 2 saturated heterocycles. The van der Waals surface area contributed by atoms with Crippen LogP contribution in [0.3, 0.4) is 0 Å². The number of aliphatic hydroxyl groups is 1. The lowest BCUT2D eigenvalue weighted by Crippen LogP contribution is -2.66. The predicted octanol–water partition coefficient (Wildman–Crippen LogP) is 7.66. The average Bonchev–Trinajstić information content (AvgIpc) is 3.58. The molecule has 2 heterocycles. The standard InChI is InChI=1S/C61H50O18/c62-47-45(36-70-53(63)38-22-8-1-9-23-38)72-60(51(77-58(68)43-32-18-6-19-33-43)49(47)75-56(66)41-28-14-4-15-29-41)79-61-52(78-59(69)44-34-20-7-21-35-44)50(76-57(67)42-30-16-5-17-31-42)48(74-55(65)40-26-12-3-13-27-40)46(73-61)37-71-54(64)39-24-10-2-11-25-39/h1-35,45-52,60-62H,36-37H2/t45-,46-,47+,48+,49+,50+,51-,52-,60-,61+/m1/s1. The third-order valence-corrected chi connectivity index (χ3v) is 12.5. The first-order chi connectivity index (χ1) is 38.5. The van der Waals surface area contributed by atoms with E-state index < -0.39 is 116 Å². The van der Waals surface area contributed by atoms with Crippen molar-refractivity contribution in [2.24, 2.45) is 0 Å². The van der Waals surface area contributed by atoms with Gasteiger partial charge in [0.05, 0.1) is 38.9 Å². The lowest BCUT2D eigenvalue weighted by molar-refractivity contribution is -0.373. The molecule has 1 N–H and O–H groups in total. The Morgan fingerprint density at radius 2 is 0.544 bits per heavy atom. The van der Waals surface area contributed by atoms with Crippen molar-refractivity contribution in [1.29, 1.82) is 0 Å². The van der Waals surface area contributed by atoms with Gasteiger partial charge in [-0.05, 0) is 84.9 Å². The molecule has 2 aliphatic rings. The summed E-state index contributed by atoms with van der Waals surface area (Å²) in [7, 11) is 0. The van der Waals surface area contributed by atoms with Gasteiger partial charge in [-0.3, -0.25) is 0 Å². The van der Waals surface area contributed by atoms with Gasteiger partial charge in [0.25, 0.3) is 0 Å². The normalized spacial score (nSPS) is 22.4. The molecule has 0 unspecified atom stereocenters. The highest BCUT2D eigenvalue weighted by atomic mass is 16.8. The second kappa shape index (κ2) is 26.1. The fourth-order valence-electron chi connectivity index (χ4n) is 8.51. The minimum Gasteiger partial charge on any atom is -0.459 e. The summed E-state index contributed by atoms with van der Waals surface area (Å²) >= 11 is 0. The molecule has 0 spiro atoms. The van der Waals surface area contributed by atoms with Crippen LogP contribution in [0.25, 0.3) is 0 Å². The molecule has 0 saturated carbocycles. The largest absolute Gasteiger partial charge is 0.459 e. The number of esters is 7. The van der Waals surface area contributed by atoms with E-state index in [1.807, 2.05) is 0 Å². The predicted molar refractivity (Wildman–Crippen MR) is 276 cm³/mol. The third kappa shape index (κ3) is 13.8. The van der Waals surface area contributed by atoms with Crippen molar-refractivity contribution in [3.63, 3.8) is 0 Å². The van der Waals surface area contributed by atoms with Gasteiger partial charge in [0.2, 0.25) is 12.6 Å². The van der Waals surface area contributed by atoms with Gasteiger partial charge >= 0.3 is 41.8 Å². The monoisotopic (exact) mass is 1070 g/mol. The Morgan fingerprint density at radius 3 is 0.873 bits per heavy atom. The van der Waals surface area contributed by atoms with E-state index in [2.05, 4.69) is 0 Å². The molecule has 2 aliphatic heterocycles. The summed E-state index contributed by atoms with van der Waals surface area (Å²) in [5.41, 5.74) is 0.326. The highest BCUT2D eigenvalue weighted by Gasteiger charge is 2.58. The molecule has 79 heavy (non-hydrogen) atoms. The fraction of sp³-hybridized carbons (Fsp3) is 0.197. The quantitative estimate of drug-likeness (QED) is 0.0642. The van der Waals surface area contributed by atoms with Gasteiger partial charge in [-0.15, -0.1) is 0 Å². The van der Waals surface area contributed by atoms with Crippen molar-refractivity contribution in [3.8, 4) is 0 Å². The van der Waals surface area contributed by atoms with E-state index in [1.165, 1.54) is 84.9 Å². The van der Waals surface area contributed by atoms with Gasteiger partial charge in [-0.25, -0.2) is 33.6 Å². The zero-order chi connectivity index (χ0) is 55.1. The van der Waals surface area contributed by atoms with Crippen LogP contribution >= 0.6 is 0 Å². The van der Waals surface area contributed by atoms with Crippen LogP contribution in [0, 0.1) is 0 Å². The summed E-state index contributed by atoms with van der Waals surface area (Å²) in [5.74, 6) is -6.69. The number of carbonyl (C=O) groups is 7. The molecule has 402 valence electrons. The molecular weight excluding hydrogens is 1020 g/mol. The summed E-state index contributed by atoms with van der Waals surface area (Å²) < 4.78 is 61.9. The average molecular weight is 1070 g/mol. The van der Waals surface area contributed by atoms with Gasteiger partial charge in [0.15, 0.2) is 30.5 Å². The highest BCUT2D eigenvalue weighted by Crippen LogP contribution is 2.36. The van der Waals surface area contributed by atoms with Crippen molar-refractivity contribution in [3.05, 3.63) is 251 Å². The van der Waals surface area contributed by atoms with E-state index in [1.54, 1.807) is 127 Å². The molecule has 2 fully saturated rings.